The molecule has 0 aliphatic heterocycles. The molecule has 0 atom stereocenters. The Kier molecular flexibility index (Phi) is 5.72. The predicted octanol–water partition coefficient (Wildman–Crippen LogP) is 2.16. The van der Waals surface area contributed by atoms with Crippen LogP contribution in [0.4, 0.5) is 0 Å². The van der Waals surface area contributed by atoms with E-state index in [9.17, 15) is 9.59 Å². The maximum absolute atomic E-state index is 12.5. The lowest BCUT2D eigenvalue weighted by Gasteiger charge is -2.31. The molecule has 1 aliphatic rings. The minimum Gasteiger partial charge on any atom is -0.466 e. The van der Waals surface area contributed by atoms with Crippen molar-refractivity contribution in [1.82, 2.24) is 9.88 Å². The molecule has 5 nitrogen and oxygen atoms in total. The van der Waals surface area contributed by atoms with E-state index in [4.69, 9.17) is 4.74 Å². The van der Waals surface area contributed by atoms with Gasteiger partial charge in [0.15, 0.2) is 0 Å². The molecule has 1 fully saturated rings. The molecule has 21 heavy (non-hydrogen) atoms. The molecule has 1 aliphatic carbocycles. The number of esters is 1. The van der Waals surface area contributed by atoms with E-state index in [0.29, 0.717) is 19.7 Å². The Hall–Kier alpha value is -1.91. The second-order valence-electron chi connectivity index (χ2n) is 5.30. The van der Waals surface area contributed by atoms with Crippen LogP contribution in [0.15, 0.2) is 24.5 Å². The van der Waals surface area contributed by atoms with Gasteiger partial charge in [0.2, 0.25) is 5.91 Å². The highest BCUT2D eigenvalue weighted by molar-refractivity contribution is 5.80. The van der Waals surface area contributed by atoms with Crippen LogP contribution in [0.25, 0.3) is 0 Å². The molecule has 0 saturated heterocycles. The van der Waals surface area contributed by atoms with Crippen molar-refractivity contribution in [2.24, 2.45) is 5.92 Å². The summed E-state index contributed by atoms with van der Waals surface area (Å²) >= 11 is 0. The second-order valence-corrected chi connectivity index (χ2v) is 5.30. The van der Waals surface area contributed by atoms with E-state index >= 15 is 0 Å². The molecule has 0 unspecified atom stereocenters. The van der Waals surface area contributed by atoms with Crippen molar-refractivity contribution in [2.75, 3.05) is 13.2 Å². The Bertz CT molecular complexity index is 472. The number of hydrogen-bond donors (Lipinski definition) is 0. The first-order valence-electron chi connectivity index (χ1n) is 7.54. The van der Waals surface area contributed by atoms with Gasteiger partial charge in [0.25, 0.3) is 0 Å². The number of amides is 1. The van der Waals surface area contributed by atoms with E-state index in [0.717, 1.165) is 24.8 Å². The first-order chi connectivity index (χ1) is 10.2. The van der Waals surface area contributed by atoms with E-state index in [1.165, 1.54) is 0 Å². The van der Waals surface area contributed by atoms with Crippen LogP contribution in [0.5, 0.6) is 0 Å². The van der Waals surface area contributed by atoms with Crippen LogP contribution in [0.2, 0.25) is 0 Å². The Morgan fingerprint density at radius 2 is 2.24 bits per heavy atom. The van der Waals surface area contributed by atoms with Crippen molar-refractivity contribution in [1.29, 1.82) is 0 Å². The lowest BCUT2D eigenvalue weighted by atomic mass is 9.84. The topological polar surface area (TPSA) is 59.5 Å². The van der Waals surface area contributed by atoms with Gasteiger partial charge < -0.3 is 9.64 Å². The minimum atomic E-state index is -0.255. The molecule has 2 rings (SSSR count). The highest BCUT2D eigenvalue weighted by Crippen LogP contribution is 2.28. The molecule has 0 aromatic carbocycles. The van der Waals surface area contributed by atoms with Crippen molar-refractivity contribution in [3.05, 3.63) is 30.1 Å². The second kappa shape index (κ2) is 7.76. The summed E-state index contributed by atoms with van der Waals surface area (Å²) in [6.45, 7) is 3.06. The quantitative estimate of drug-likeness (QED) is 0.722. The van der Waals surface area contributed by atoms with Crippen LogP contribution in [-0.4, -0.2) is 34.9 Å². The predicted molar refractivity (Wildman–Crippen MR) is 78.2 cm³/mol. The van der Waals surface area contributed by atoms with E-state index in [2.05, 4.69) is 4.98 Å². The lowest BCUT2D eigenvalue weighted by Crippen LogP contribution is -2.39. The van der Waals surface area contributed by atoms with Crippen LogP contribution < -0.4 is 0 Å². The number of rotatable bonds is 7. The fourth-order valence-electron chi connectivity index (χ4n) is 2.35. The van der Waals surface area contributed by atoms with Gasteiger partial charge in [-0.25, -0.2) is 0 Å². The van der Waals surface area contributed by atoms with Crippen molar-refractivity contribution in [3.63, 3.8) is 0 Å². The van der Waals surface area contributed by atoms with Gasteiger partial charge >= 0.3 is 5.97 Å². The average Bonchev–Trinajstić information content (AvgIpc) is 2.43. The van der Waals surface area contributed by atoms with Crippen molar-refractivity contribution in [2.45, 2.75) is 39.2 Å². The third-order valence-electron chi connectivity index (χ3n) is 3.75. The van der Waals surface area contributed by atoms with E-state index in [1.54, 1.807) is 24.2 Å². The molecule has 1 heterocycles. The molecule has 0 N–H and O–H groups in total. The number of carbonyl (C=O) groups excluding carboxylic acids is 2. The third-order valence-corrected chi connectivity index (χ3v) is 3.75. The Balaban J connectivity index is 1.96. The first-order valence-corrected chi connectivity index (χ1v) is 7.54. The summed E-state index contributed by atoms with van der Waals surface area (Å²) in [6, 6.07) is 3.80. The molecule has 0 spiro atoms. The van der Waals surface area contributed by atoms with Crippen LogP contribution in [0, 0.1) is 5.92 Å². The Morgan fingerprint density at radius 1 is 1.43 bits per heavy atom. The Morgan fingerprint density at radius 3 is 2.81 bits per heavy atom. The monoisotopic (exact) mass is 290 g/mol. The van der Waals surface area contributed by atoms with Crippen LogP contribution in [-0.2, 0) is 20.9 Å². The molecule has 5 heteroatoms. The van der Waals surface area contributed by atoms with Crippen LogP contribution in [0.1, 0.15) is 38.2 Å². The summed E-state index contributed by atoms with van der Waals surface area (Å²) in [5.74, 6) is 0.0216. The zero-order valence-electron chi connectivity index (χ0n) is 12.5. The summed E-state index contributed by atoms with van der Waals surface area (Å²) in [6.07, 6.45) is 6.75. The molecular weight excluding hydrogens is 268 g/mol. The number of aromatic nitrogens is 1. The van der Waals surface area contributed by atoms with Gasteiger partial charge in [-0.2, -0.15) is 0 Å². The highest BCUT2D eigenvalue weighted by Gasteiger charge is 2.29. The number of nitrogens with zero attached hydrogens (tertiary/aromatic N) is 2. The largest absolute Gasteiger partial charge is 0.466 e. The molecular formula is C16H22N2O3. The summed E-state index contributed by atoms with van der Waals surface area (Å²) in [5.41, 5.74) is 0.981. The van der Waals surface area contributed by atoms with Gasteiger partial charge in [-0.05, 0) is 31.4 Å². The molecule has 0 radical (unpaired) electrons. The summed E-state index contributed by atoms with van der Waals surface area (Å²) < 4.78 is 4.93. The van der Waals surface area contributed by atoms with E-state index in [1.807, 2.05) is 12.1 Å². The average molecular weight is 290 g/mol. The fourth-order valence-corrected chi connectivity index (χ4v) is 2.35. The molecule has 0 bridgehead atoms. The summed E-state index contributed by atoms with van der Waals surface area (Å²) in [4.78, 5) is 29.8. The van der Waals surface area contributed by atoms with Gasteiger partial charge in [0.05, 0.1) is 13.0 Å². The maximum Gasteiger partial charge on any atom is 0.307 e. The third kappa shape index (κ3) is 4.55. The highest BCUT2D eigenvalue weighted by atomic mass is 16.5. The number of hydrogen-bond acceptors (Lipinski definition) is 4. The molecule has 1 amide bonds. The van der Waals surface area contributed by atoms with Crippen molar-refractivity contribution >= 4 is 11.9 Å². The van der Waals surface area contributed by atoms with Gasteiger partial charge in [-0.3, -0.25) is 14.6 Å². The number of carbonyl (C=O) groups is 2. The van der Waals surface area contributed by atoms with E-state index < -0.39 is 0 Å². The van der Waals surface area contributed by atoms with Gasteiger partial charge in [0, 0.05) is 31.4 Å². The van der Waals surface area contributed by atoms with Gasteiger partial charge in [-0.15, -0.1) is 0 Å². The van der Waals surface area contributed by atoms with Gasteiger partial charge in [0.1, 0.15) is 0 Å². The first kappa shape index (κ1) is 15.5. The van der Waals surface area contributed by atoms with Crippen LogP contribution >= 0.6 is 0 Å². The summed E-state index contributed by atoms with van der Waals surface area (Å²) in [7, 11) is 0. The normalized spacial score (nSPS) is 14.3. The zero-order valence-corrected chi connectivity index (χ0v) is 12.5. The minimum absolute atomic E-state index is 0.129. The standard InChI is InChI=1S/C16H22N2O3/c1-2-21-15(19)8-10-18(16(20)14-6-3-7-14)12-13-5-4-9-17-11-13/h4-5,9,11,14H,2-3,6-8,10,12H2,1H3. The molecule has 114 valence electrons. The van der Waals surface area contributed by atoms with Crippen LogP contribution in [0.3, 0.4) is 0 Å². The molecule has 1 aromatic heterocycles. The lowest BCUT2D eigenvalue weighted by molar-refractivity contribution is -0.145. The number of ether oxygens (including phenoxy) is 1. The van der Waals surface area contributed by atoms with Gasteiger partial charge in [-0.1, -0.05) is 12.5 Å². The van der Waals surface area contributed by atoms with Crippen molar-refractivity contribution < 1.29 is 14.3 Å². The summed E-state index contributed by atoms with van der Waals surface area (Å²) in [5, 5.41) is 0. The fraction of sp³-hybridized carbons (Fsp3) is 0.562. The molecule has 1 saturated carbocycles. The number of pyridine rings is 1. The smallest absolute Gasteiger partial charge is 0.307 e. The van der Waals surface area contributed by atoms with Crippen molar-refractivity contribution in [3.8, 4) is 0 Å². The van der Waals surface area contributed by atoms with E-state index in [-0.39, 0.29) is 24.2 Å². The Labute approximate surface area is 125 Å². The zero-order chi connectivity index (χ0) is 15.1. The SMILES string of the molecule is CCOC(=O)CCN(Cc1cccnc1)C(=O)C1CCC1. The maximum atomic E-state index is 12.5. The molecule has 1 aromatic rings.